The highest BCUT2D eigenvalue weighted by Gasteiger charge is 2.16. The van der Waals surface area contributed by atoms with Crippen LogP contribution in [0.15, 0.2) is 92.1 Å². The van der Waals surface area contributed by atoms with E-state index < -0.39 is 0 Å². The Bertz CT molecular complexity index is 1620. The fourth-order valence-electron chi connectivity index (χ4n) is 4.09. The Kier molecular flexibility index (Phi) is 8.07. The Balaban J connectivity index is 1.64. The van der Waals surface area contributed by atoms with E-state index in [2.05, 4.69) is 86.1 Å². The lowest BCUT2D eigenvalue weighted by Gasteiger charge is -2.24. The molecule has 5 nitrogen and oxygen atoms in total. The number of rotatable bonds is 9. The maximum Gasteiger partial charge on any atom is 0.111 e. The highest BCUT2D eigenvalue weighted by molar-refractivity contribution is 7.16. The molecule has 3 aromatic heterocycles. The van der Waals surface area contributed by atoms with Crippen LogP contribution in [0.5, 0.6) is 0 Å². The van der Waals surface area contributed by atoms with Crippen LogP contribution in [0.4, 0.5) is 5.69 Å². The van der Waals surface area contributed by atoms with E-state index in [0.717, 1.165) is 71.5 Å². The van der Waals surface area contributed by atoms with Gasteiger partial charge in [-0.05, 0) is 72.5 Å². The van der Waals surface area contributed by atoms with E-state index in [-0.39, 0.29) is 5.41 Å². The van der Waals surface area contributed by atoms with Gasteiger partial charge in [-0.15, -0.1) is 11.3 Å². The fraction of sp³-hybridized carbons (Fsp3) is 0.212. The molecule has 0 amide bonds. The van der Waals surface area contributed by atoms with Crippen LogP contribution in [0, 0.1) is 5.41 Å². The van der Waals surface area contributed by atoms with E-state index in [1.165, 1.54) is 0 Å². The minimum absolute atomic E-state index is 0.0646. The van der Waals surface area contributed by atoms with Gasteiger partial charge in [0.25, 0.3) is 0 Å². The SMILES string of the molecule is C=C/C(=C\C(=C/C)c1ccc(N)c(Cc2nc3c(-c4ccc(C(=C)C)s4)cncc3[nH]2)c1)NC(=C)C(C)(C)C. The van der Waals surface area contributed by atoms with Gasteiger partial charge >= 0.3 is 0 Å². The van der Waals surface area contributed by atoms with Gasteiger partial charge in [-0.3, -0.25) is 4.98 Å². The predicted octanol–water partition coefficient (Wildman–Crippen LogP) is 8.52. The first-order chi connectivity index (χ1) is 18.5. The standard InChI is InChI=1S/C33H37N5S/c1-9-22(16-25(10-2)36-21(5)33(6,7)8)23-11-12-27(34)24(15-23)17-31-37-28-19-35-18-26(32(28)38-31)30-14-13-29(39-30)20(3)4/h9-16,18-19,36H,2-3,5,17,34H2,1,4,6-8H3,(H,37,38)/b22-9+,25-16+. The van der Waals surface area contributed by atoms with Gasteiger partial charge in [0.2, 0.25) is 0 Å². The Hall–Kier alpha value is -4.16. The molecule has 4 rings (SSSR count). The number of nitrogen functional groups attached to an aromatic ring is 1. The first-order valence-corrected chi connectivity index (χ1v) is 13.8. The summed E-state index contributed by atoms with van der Waals surface area (Å²) in [4.78, 5) is 15.2. The third-order valence-electron chi connectivity index (χ3n) is 6.61. The molecule has 4 aromatic rings. The molecular formula is C33H37N5S. The smallest absolute Gasteiger partial charge is 0.111 e. The molecule has 0 saturated carbocycles. The average molecular weight is 536 g/mol. The summed E-state index contributed by atoms with van der Waals surface area (Å²) < 4.78 is 0. The fourth-order valence-corrected chi connectivity index (χ4v) is 5.03. The van der Waals surface area contributed by atoms with Crippen molar-refractivity contribution in [3.63, 3.8) is 0 Å². The van der Waals surface area contributed by atoms with Crippen LogP contribution in [0.3, 0.4) is 0 Å². The highest BCUT2D eigenvalue weighted by atomic mass is 32.1. The zero-order valence-corrected chi connectivity index (χ0v) is 24.3. The number of H-pyrrole nitrogens is 1. The lowest BCUT2D eigenvalue weighted by atomic mass is 9.92. The van der Waals surface area contributed by atoms with Gasteiger partial charge < -0.3 is 16.0 Å². The van der Waals surface area contributed by atoms with Crippen molar-refractivity contribution >= 4 is 39.2 Å². The van der Waals surface area contributed by atoms with E-state index in [4.69, 9.17) is 10.7 Å². The molecule has 0 fully saturated rings. The first-order valence-electron chi connectivity index (χ1n) is 12.9. The quantitative estimate of drug-likeness (QED) is 0.148. The van der Waals surface area contributed by atoms with Crippen LogP contribution in [0.25, 0.3) is 32.6 Å². The average Bonchev–Trinajstić information content (AvgIpc) is 3.54. The van der Waals surface area contributed by atoms with Gasteiger partial charge in [-0.1, -0.05) is 52.7 Å². The van der Waals surface area contributed by atoms with Crippen molar-refractivity contribution in [2.24, 2.45) is 5.41 Å². The van der Waals surface area contributed by atoms with Crippen LogP contribution in [-0.4, -0.2) is 15.0 Å². The minimum Gasteiger partial charge on any atom is -0.398 e. The monoisotopic (exact) mass is 535 g/mol. The van der Waals surface area contributed by atoms with Gasteiger partial charge in [0, 0.05) is 50.4 Å². The number of nitrogens with one attached hydrogen (secondary N) is 2. The van der Waals surface area contributed by atoms with Crippen LogP contribution in [0.2, 0.25) is 0 Å². The number of thiophene rings is 1. The summed E-state index contributed by atoms with van der Waals surface area (Å²) in [5.74, 6) is 0.840. The molecule has 0 aliphatic carbocycles. The first kappa shape index (κ1) is 27.9. The molecule has 3 heterocycles. The van der Waals surface area contributed by atoms with Crippen LogP contribution < -0.4 is 11.1 Å². The number of imidazole rings is 1. The molecule has 0 unspecified atom stereocenters. The summed E-state index contributed by atoms with van der Waals surface area (Å²) in [5.41, 5.74) is 15.9. The zero-order valence-electron chi connectivity index (χ0n) is 23.5. The number of anilines is 1. The molecule has 0 aliphatic heterocycles. The molecule has 1 aromatic carbocycles. The molecule has 6 heteroatoms. The van der Waals surface area contributed by atoms with Crippen molar-refractivity contribution in [2.45, 2.75) is 41.0 Å². The summed E-state index contributed by atoms with van der Waals surface area (Å²) in [6.45, 7) is 22.7. The molecule has 0 spiro atoms. The van der Waals surface area contributed by atoms with Crippen molar-refractivity contribution < 1.29 is 0 Å². The number of aromatic amines is 1. The van der Waals surface area contributed by atoms with Crippen LogP contribution in [0.1, 0.15) is 56.4 Å². The molecule has 0 saturated heterocycles. The zero-order chi connectivity index (χ0) is 28.3. The van der Waals surface area contributed by atoms with Crippen molar-refractivity contribution in [1.29, 1.82) is 0 Å². The maximum absolute atomic E-state index is 6.43. The lowest BCUT2D eigenvalue weighted by Crippen LogP contribution is -2.22. The number of hydrogen-bond donors (Lipinski definition) is 3. The minimum atomic E-state index is -0.0646. The Morgan fingerprint density at radius 2 is 1.92 bits per heavy atom. The number of pyridine rings is 1. The summed E-state index contributed by atoms with van der Waals surface area (Å²) in [7, 11) is 0. The van der Waals surface area contributed by atoms with E-state index in [1.54, 1.807) is 11.3 Å². The molecule has 0 atom stereocenters. The largest absolute Gasteiger partial charge is 0.398 e. The van der Waals surface area contributed by atoms with Gasteiger partial charge in [0.05, 0.1) is 11.7 Å². The van der Waals surface area contributed by atoms with Gasteiger partial charge in [0.15, 0.2) is 0 Å². The number of nitrogens with zero attached hydrogens (tertiary/aromatic N) is 2. The summed E-state index contributed by atoms with van der Waals surface area (Å²) in [6, 6.07) is 10.3. The number of fused-ring (bicyclic) bond motifs is 1. The normalized spacial score (nSPS) is 12.5. The topological polar surface area (TPSA) is 79.6 Å². The van der Waals surface area contributed by atoms with Gasteiger partial charge in [-0.2, -0.15) is 0 Å². The highest BCUT2D eigenvalue weighted by Crippen LogP contribution is 2.35. The second kappa shape index (κ2) is 11.3. The lowest BCUT2D eigenvalue weighted by molar-refractivity contribution is 0.478. The summed E-state index contributed by atoms with van der Waals surface area (Å²) in [5, 5.41) is 3.41. The van der Waals surface area contributed by atoms with Gasteiger partial charge in [0.1, 0.15) is 11.3 Å². The second-order valence-electron chi connectivity index (χ2n) is 10.7. The Labute approximate surface area is 235 Å². The summed E-state index contributed by atoms with van der Waals surface area (Å²) in [6.07, 6.45) is 10.2. The van der Waals surface area contributed by atoms with E-state index in [0.29, 0.717) is 6.42 Å². The van der Waals surface area contributed by atoms with Gasteiger partial charge in [-0.25, -0.2) is 4.98 Å². The molecule has 0 aliphatic rings. The molecule has 39 heavy (non-hydrogen) atoms. The molecular weight excluding hydrogens is 498 g/mol. The molecule has 4 N–H and O–H groups in total. The maximum atomic E-state index is 6.43. The van der Waals surface area contributed by atoms with E-state index in [1.807, 2.05) is 44.4 Å². The number of benzene rings is 1. The predicted molar refractivity (Wildman–Crippen MR) is 169 cm³/mol. The number of allylic oxidation sites excluding steroid dienone is 6. The van der Waals surface area contributed by atoms with Crippen molar-refractivity contribution in [3.8, 4) is 10.4 Å². The van der Waals surface area contributed by atoms with Crippen molar-refractivity contribution in [2.75, 3.05) is 5.73 Å². The Morgan fingerprint density at radius 1 is 1.15 bits per heavy atom. The Morgan fingerprint density at radius 3 is 2.56 bits per heavy atom. The van der Waals surface area contributed by atoms with Crippen LogP contribution >= 0.6 is 11.3 Å². The van der Waals surface area contributed by atoms with E-state index in [9.17, 15) is 0 Å². The molecule has 200 valence electrons. The number of aromatic nitrogens is 3. The van der Waals surface area contributed by atoms with Crippen LogP contribution in [-0.2, 0) is 6.42 Å². The molecule has 0 bridgehead atoms. The van der Waals surface area contributed by atoms with Crippen molar-refractivity contribution in [1.82, 2.24) is 20.3 Å². The third-order valence-corrected chi connectivity index (χ3v) is 7.89. The van der Waals surface area contributed by atoms with Crippen molar-refractivity contribution in [3.05, 3.63) is 114 Å². The number of nitrogens with two attached hydrogens (primary N) is 1. The second-order valence-corrected chi connectivity index (χ2v) is 11.8. The number of hydrogen-bond acceptors (Lipinski definition) is 5. The third kappa shape index (κ3) is 6.29. The summed E-state index contributed by atoms with van der Waals surface area (Å²) >= 11 is 1.70. The molecule has 0 radical (unpaired) electrons. The van der Waals surface area contributed by atoms with E-state index >= 15 is 0 Å².